The number of ether oxygens (including phenoxy) is 1. The number of thioether (sulfide) groups is 1. The minimum Gasteiger partial charge on any atom is -0.465 e. The maximum Gasteiger partial charge on any atom is 0.337 e. The molecule has 0 saturated heterocycles. The standard InChI is InChI=1S/C18H18N4O2S/c1-3-22-16(14-8-10-19-11-9-14)20-21-18(22)25-12-13-4-6-15(7-5-13)17(23)24-2/h4-11H,3,12H2,1-2H3. The molecule has 25 heavy (non-hydrogen) atoms. The zero-order valence-corrected chi connectivity index (χ0v) is 14.9. The molecule has 6 nitrogen and oxygen atoms in total. The van der Waals surface area contributed by atoms with Crippen molar-refractivity contribution in [3.63, 3.8) is 0 Å². The Balaban J connectivity index is 1.73. The Morgan fingerprint density at radius 3 is 2.48 bits per heavy atom. The van der Waals surface area contributed by atoms with Gasteiger partial charge in [-0.1, -0.05) is 23.9 Å². The van der Waals surface area contributed by atoms with E-state index in [0.29, 0.717) is 5.56 Å². The maximum atomic E-state index is 11.5. The highest BCUT2D eigenvalue weighted by Crippen LogP contribution is 2.26. The molecule has 0 fully saturated rings. The largest absolute Gasteiger partial charge is 0.465 e. The van der Waals surface area contributed by atoms with Crippen molar-refractivity contribution in [2.45, 2.75) is 24.4 Å². The van der Waals surface area contributed by atoms with Crippen molar-refractivity contribution in [2.24, 2.45) is 0 Å². The Labute approximate surface area is 150 Å². The van der Waals surface area contributed by atoms with E-state index in [4.69, 9.17) is 4.74 Å². The van der Waals surface area contributed by atoms with Gasteiger partial charge in [0.15, 0.2) is 11.0 Å². The number of pyridine rings is 1. The summed E-state index contributed by atoms with van der Waals surface area (Å²) in [4.78, 5) is 15.5. The molecule has 2 heterocycles. The summed E-state index contributed by atoms with van der Waals surface area (Å²) < 4.78 is 6.80. The Morgan fingerprint density at radius 2 is 1.84 bits per heavy atom. The SMILES string of the molecule is CCn1c(SCc2ccc(C(=O)OC)cc2)nnc1-c1ccncc1. The summed E-state index contributed by atoms with van der Waals surface area (Å²) in [5, 5.41) is 9.51. The number of carbonyl (C=O) groups excluding carboxylic acids is 1. The van der Waals surface area contributed by atoms with E-state index in [1.807, 2.05) is 24.3 Å². The fraction of sp³-hybridized carbons (Fsp3) is 0.222. The van der Waals surface area contributed by atoms with Gasteiger partial charge in [-0.15, -0.1) is 10.2 Å². The van der Waals surface area contributed by atoms with E-state index in [0.717, 1.165) is 34.4 Å². The van der Waals surface area contributed by atoms with Gasteiger partial charge in [0, 0.05) is 30.3 Å². The van der Waals surface area contributed by atoms with Gasteiger partial charge in [0.1, 0.15) is 0 Å². The molecule has 1 aromatic carbocycles. The minimum absolute atomic E-state index is 0.327. The molecule has 2 aromatic heterocycles. The van der Waals surface area contributed by atoms with Crippen molar-refractivity contribution in [3.05, 3.63) is 59.9 Å². The second-order valence-corrected chi connectivity index (χ2v) is 6.21. The van der Waals surface area contributed by atoms with Gasteiger partial charge in [0.05, 0.1) is 12.7 Å². The number of hydrogen-bond donors (Lipinski definition) is 0. The summed E-state index contributed by atoms with van der Waals surface area (Å²) in [7, 11) is 1.38. The van der Waals surface area contributed by atoms with Crippen LogP contribution in [0.3, 0.4) is 0 Å². The first-order valence-electron chi connectivity index (χ1n) is 7.86. The van der Waals surface area contributed by atoms with Crippen LogP contribution in [0.15, 0.2) is 53.9 Å². The van der Waals surface area contributed by atoms with Crippen molar-refractivity contribution >= 4 is 17.7 Å². The molecule has 0 atom stereocenters. The number of carbonyl (C=O) groups is 1. The normalized spacial score (nSPS) is 10.6. The molecule has 128 valence electrons. The lowest BCUT2D eigenvalue weighted by molar-refractivity contribution is 0.0600. The molecule has 0 aliphatic heterocycles. The highest BCUT2D eigenvalue weighted by atomic mass is 32.2. The van der Waals surface area contributed by atoms with Gasteiger partial charge in [-0.2, -0.15) is 0 Å². The quantitative estimate of drug-likeness (QED) is 0.499. The van der Waals surface area contributed by atoms with E-state index in [1.165, 1.54) is 7.11 Å². The maximum absolute atomic E-state index is 11.5. The lowest BCUT2D eigenvalue weighted by atomic mass is 10.1. The molecule has 0 saturated carbocycles. The molecule has 0 bridgehead atoms. The van der Waals surface area contributed by atoms with Crippen LogP contribution < -0.4 is 0 Å². The van der Waals surface area contributed by atoms with Crippen LogP contribution >= 0.6 is 11.8 Å². The average molecular weight is 354 g/mol. The van der Waals surface area contributed by atoms with Gasteiger partial charge in [0.25, 0.3) is 0 Å². The molecule has 0 amide bonds. The average Bonchev–Trinajstić information content (AvgIpc) is 3.09. The highest BCUT2D eigenvalue weighted by molar-refractivity contribution is 7.98. The predicted molar refractivity (Wildman–Crippen MR) is 96.3 cm³/mol. The fourth-order valence-corrected chi connectivity index (χ4v) is 3.36. The van der Waals surface area contributed by atoms with Crippen LogP contribution in [0.25, 0.3) is 11.4 Å². The predicted octanol–water partition coefficient (Wildman–Crippen LogP) is 3.44. The van der Waals surface area contributed by atoms with Crippen molar-refractivity contribution in [3.8, 4) is 11.4 Å². The first-order valence-corrected chi connectivity index (χ1v) is 8.85. The van der Waals surface area contributed by atoms with E-state index in [9.17, 15) is 4.79 Å². The molecular formula is C18H18N4O2S. The third-order valence-electron chi connectivity index (χ3n) is 3.71. The van der Waals surface area contributed by atoms with Gasteiger partial charge in [0.2, 0.25) is 0 Å². The zero-order chi connectivity index (χ0) is 17.6. The number of methoxy groups -OCH3 is 1. The summed E-state index contributed by atoms with van der Waals surface area (Å²) in [5.41, 5.74) is 2.65. The molecule has 7 heteroatoms. The smallest absolute Gasteiger partial charge is 0.337 e. The van der Waals surface area contributed by atoms with Crippen LogP contribution in [0.1, 0.15) is 22.8 Å². The summed E-state index contributed by atoms with van der Waals surface area (Å²) >= 11 is 1.62. The Bertz CT molecular complexity index is 847. The highest BCUT2D eigenvalue weighted by Gasteiger charge is 2.13. The molecule has 0 aliphatic carbocycles. The third kappa shape index (κ3) is 3.88. The number of nitrogens with zero attached hydrogens (tertiary/aromatic N) is 4. The van der Waals surface area contributed by atoms with E-state index in [1.54, 1.807) is 36.3 Å². The topological polar surface area (TPSA) is 69.9 Å². The molecule has 0 spiro atoms. The fourth-order valence-electron chi connectivity index (χ4n) is 2.40. The van der Waals surface area contributed by atoms with E-state index in [2.05, 4.69) is 26.7 Å². The molecule has 0 aliphatic rings. The lowest BCUT2D eigenvalue weighted by Crippen LogP contribution is -2.01. The number of benzene rings is 1. The second kappa shape index (κ2) is 7.94. The first-order chi connectivity index (χ1) is 12.2. The Kier molecular flexibility index (Phi) is 5.45. The van der Waals surface area contributed by atoms with Crippen LogP contribution in [-0.4, -0.2) is 32.8 Å². The summed E-state index contributed by atoms with van der Waals surface area (Å²) in [6, 6.07) is 11.3. The van der Waals surface area contributed by atoms with Gasteiger partial charge >= 0.3 is 5.97 Å². The lowest BCUT2D eigenvalue weighted by Gasteiger charge is -2.07. The van der Waals surface area contributed by atoms with E-state index < -0.39 is 0 Å². The summed E-state index contributed by atoms with van der Waals surface area (Å²) in [6.45, 7) is 2.86. The Morgan fingerprint density at radius 1 is 1.12 bits per heavy atom. The van der Waals surface area contributed by atoms with Crippen molar-refractivity contribution in [1.82, 2.24) is 19.7 Å². The van der Waals surface area contributed by atoms with Crippen molar-refractivity contribution < 1.29 is 9.53 Å². The molecule has 3 aromatic rings. The number of esters is 1. The molecule has 0 radical (unpaired) electrons. The van der Waals surface area contributed by atoms with Gasteiger partial charge in [-0.25, -0.2) is 4.79 Å². The van der Waals surface area contributed by atoms with Gasteiger partial charge in [-0.3, -0.25) is 4.98 Å². The van der Waals surface area contributed by atoms with Gasteiger partial charge in [-0.05, 0) is 36.8 Å². The summed E-state index contributed by atoms with van der Waals surface area (Å²) in [6.07, 6.45) is 3.50. The van der Waals surface area contributed by atoms with Crippen molar-refractivity contribution in [1.29, 1.82) is 0 Å². The van der Waals surface area contributed by atoms with Crippen LogP contribution in [0, 0.1) is 0 Å². The van der Waals surface area contributed by atoms with E-state index in [-0.39, 0.29) is 5.97 Å². The number of aromatic nitrogens is 4. The Hall–Kier alpha value is -2.67. The van der Waals surface area contributed by atoms with E-state index >= 15 is 0 Å². The first kappa shape index (κ1) is 17.2. The summed E-state index contributed by atoms with van der Waals surface area (Å²) in [5.74, 6) is 1.26. The van der Waals surface area contributed by atoms with Crippen LogP contribution in [0.5, 0.6) is 0 Å². The number of rotatable bonds is 6. The van der Waals surface area contributed by atoms with Crippen LogP contribution in [-0.2, 0) is 17.0 Å². The minimum atomic E-state index is -0.327. The second-order valence-electron chi connectivity index (χ2n) is 5.26. The molecule has 0 N–H and O–H groups in total. The van der Waals surface area contributed by atoms with Crippen molar-refractivity contribution in [2.75, 3.05) is 7.11 Å². The third-order valence-corrected chi connectivity index (χ3v) is 4.75. The number of hydrogen-bond acceptors (Lipinski definition) is 6. The molecular weight excluding hydrogens is 336 g/mol. The molecule has 3 rings (SSSR count). The zero-order valence-electron chi connectivity index (χ0n) is 14.0. The van der Waals surface area contributed by atoms with Crippen LogP contribution in [0.2, 0.25) is 0 Å². The monoisotopic (exact) mass is 354 g/mol. The van der Waals surface area contributed by atoms with Gasteiger partial charge < -0.3 is 9.30 Å². The van der Waals surface area contributed by atoms with Crippen LogP contribution in [0.4, 0.5) is 0 Å². The molecule has 0 unspecified atom stereocenters.